The molecule has 1 unspecified atom stereocenters. The van der Waals surface area contributed by atoms with E-state index in [9.17, 15) is 14.7 Å². The largest absolute Gasteiger partial charge is 0.456 e. The van der Waals surface area contributed by atoms with Crippen LogP contribution in [-0.2, 0) is 23.8 Å². The molecule has 1 aliphatic rings. The van der Waals surface area contributed by atoms with E-state index in [-0.39, 0.29) is 0 Å². The lowest BCUT2D eigenvalue weighted by atomic mass is 10.1. The van der Waals surface area contributed by atoms with Crippen LogP contribution in [0, 0.1) is 0 Å². The van der Waals surface area contributed by atoms with Crippen LogP contribution in [0.2, 0.25) is 0 Å². The molecular weight excluding hydrogens is 204 g/mol. The third-order valence-electron chi connectivity index (χ3n) is 2.03. The molecule has 1 rings (SSSR count). The number of carbonyl (C=O) groups is 2. The summed E-state index contributed by atoms with van der Waals surface area (Å²) in [6.07, 6.45) is -3.48. The first-order valence-corrected chi connectivity index (χ1v) is 4.59. The molecule has 1 fully saturated rings. The Labute approximate surface area is 87.1 Å². The van der Waals surface area contributed by atoms with Gasteiger partial charge in [-0.25, -0.2) is 0 Å². The van der Waals surface area contributed by atoms with E-state index in [0.717, 1.165) is 0 Å². The molecule has 1 heterocycles. The Morgan fingerprint density at radius 1 is 1.13 bits per heavy atom. The molecule has 0 bridgehead atoms. The van der Waals surface area contributed by atoms with Crippen molar-refractivity contribution in [2.45, 2.75) is 45.4 Å². The van der Waals surface area contributed by atoms with Crippen molar-refractivity contribution in [3.8, 4) is 0 Å². The second kappa shape index (κ2) is 4.59. The Balaban J connectivity index is 2.70. The van der Waals surface area contributed by atoms with Gasteiger partial charge in [-0.05, 0) is 6.92 Å². The number of rotatable bonds is 2. The minimum absolute atomic E-state index is 0.506. The van der Waals surface area contributed by atoms with Crippen molar-refractivity contribution in [2.75, 3.05) is 0 Å². The molecule has 6 nitrogen and oxygen atoms in total. The second-order valence-corrected chi connectivity index (χ2v) is 3.38. The van der Waals surface area contributed by atoms with Crippen LogP contribution >= 0.6 is 0 Å². The molecule has 0 aromatic carbocycles. The molecule has 6 heteroatoms. The zero-order valence-electron chi connectivity index (χ0n) is 8.80. The van der Waals surface area contributed by atoms with Crippen LogP contribution < -0.4 is 0 Å². The summed E-state index contributed by atoms with van der Waals surface area (Å²) >= 11 is 0. The number of aliphatic hydroxyl groups excluding tert-OH is 1. The Bertz CT molecular complexity index is 237. The van der Waals surface area contributed by atoms with Crippen LogP contribution in [0.25, 0.3) is 0 Å². The Morgan fingerprint density at radius 3 is 2.07 bits per heavy atom. The van der Waals surface area contributed by atoms with Gasteiger partial charge in [0.2, 0.25) is 0 Å². The highest BCUT2D eigenvalue weighted by atomic mass is 16.7. The molecule has 0 amide bonds. The standard InChI is InChI=1S/C9H14O6/c1-4-7(14-5(2)10)8(9(12)13-4)15-6(3)11/h4,7-9,12H,1-3H3/t4-,7?,8-,9-/m1/s1. The first kappa shape index (κ1) is 11.9. The van der Waals surface area contributed by atoms with Gasteiger partial charge in [0.25, 0.3) is 0 Å². The molecule has 0 radical (unpaired) electrons. The number of hydrogen-bond donors (Lipinski definition) is 1. The molecular formula is C9H14O6. The molecule has 0 saturated carbocycles. The zero-order valence-corrected chi connectivity index (χ0v) is 8.80. The van der Waals surface area contributed by atoms with Crippen molar-refractivity contribution in [3.05, 3.63) is 0 Å². The molecule has 0 aromatic rings. The highest BCUT2D eigenvalue weighted by Crippen LogP contribution is 2.25. The minimum atomic E-state index is -1.26. The molecule has 86 valence electrons. The van der Waals surface area contributed by atoms with Crippen LogP contribution in [0.3, 0.4) is 0 Å². The molecule has 0 spiro atoms. The maximum absolute atomic E-state index is 10.8. The predicted molar refractivity (Wildman–Crippen MR) is 47.7 cm³/mol. The smallest absolute Gasteiger partial charge is 0.303 e. The highest BCUT2D eigenvalue weighted by molar-refractivity contribution is 5.67. The topological polar surface area (TPSA) is 82.1 Å². The average Bonchev–Trinajstić information content (AvgIpc) is 2.30. The van der Waals surface area contributed by atoms with E-state index in [0.29, 0.717) is 0 Å². The number of carbonyl (C=O) groups excluding carboxylic acids is 2. The van der Waals surface area contributed by atoms with Gasteiger partial charge in [0.15, 0.2) is 18.5 Å². The monoisotopic (exact) mass is 218 g/mol. The average molecular weight is 218 g/mol. The van der Waals surface area contributed by atoms with E-state index < -0.39 is 36.5 Å². The van der Waals surface area contributed by atoms with E-state index in [1.54, 1.807) is 6.92 Å². The van der Waals surface area contributed by atoms with Crippen molar-refractivity contribution in [1.82, 2.24) is 0 Å². The molecule has 1 saturated heterocycles. The van der Waals surface area contributed by atoms with Crippen molar-refractivity contribution in [1.29, 1.82) is 0 Å². The fourth-order valence-electron chi connectivity index (χ4n) is 1.48. The van der Waals surface area contributed by atoms with Crippen LogP contribution in [0.1, 0.15) is 20.8 Å². The van der Waals surface area contributed by atoms with Crippen LogP contribution in [0.4, 0.5) is 0 Å². The van der Waals surface area contributed by atoms with Gasteiger partial charge in [0.1, 0.15) is 0 Å². The predicted octanol–water partition coefficient (Wildman–Crippen LogP) is -0.413. The maximum Gasteiger partial charge on any atom is 0.303 e. The molecule has 1 aliphatic heterocycles. The fraction of sp³-hybridized carbons (Fsp3) is 0.778. The Kier molecular flexibility index (Phi) is 3.65. The van der Waals surface area contributed by atoms with Gasteiger partial charge >= 0.3 is 11.9 Å². The van der Waals surface area contributed by atoms with Gasteiger partial charge in [-0.2, -0.15) is 0 Å². The summed E-state index contributed by atoms with van der Waals surface area (Å²) in [5.74, 6) is -1.07. The first-order valence-electron chi connectivity index (χ1n) is 4.59. The van der Waals surface area contributed by atoms with Crippen LogP contribution in [-0.4, -0.2) is 41.6 Å². The summed E-state index contributed by atoms with van der Waals surface area (Å²) in [5, 5.41) is 9.40. The fourth-order valence-corrected chi connectivity index (χ4v) is 1.48. The molecule has 1 N–H and O–H groups in total. The second-order valence-electron chi connectivity index (χ2n) is 3.38. The summed E-state index contributed by atoms with van der Waals surface area (Å²) in [6, 6.07) is 0. The van der Waals surface area contributed by atoms with Crippen molar-refractivity contribution >= 4 is 11.9 Å². The Hall–Kier alpha value is -1.14. The number of esters is 2. The van der Waals surface area contributed by atoms with E-state index in [2.05, 4.69) is 0 Å². The zero-order chi connectivity index (χ0) is 11.6. The summed E-state index contributed by atoms with van der Waals surface area (Å²) < 4.78 is 14.7. The number of hydrogen-bond acceptors (Lipinski definition) is 6. The summed E-state index contributed by atoms with van der Waals surface area (Å²) in [7, 11) is 0. The lowest BCUT2D eigenvalue weighted by Crippen LogP contribution is -2.39. The SMILES string of the molecule is CC(=O)OC1[C@@H](OC(C)=O)[C@H](O)O[C@@H]1C. The summed E-state index contributed by atoms with van der Waals surface area (Å²) in [6.45, 7) is 4.07. The van der Waals surface area contributed by atoms with Crippen LogP contribution in [0.15, 0.2) is 0 Å². The molecule has 0 aliphatic carbocycles. The van der Waals surface area contributed by atoms with Gasteiger partial charge < -0.3 is 19.3 Å². The summed E-state index contributed by atoms with van der Waals surface area (Å²) in [5.41, 5.74) is 0. The number of aliphatic hydroxyl groups is 1. The van der Waals surface area contributed by atoms with E-state index >= 15 is 0 Å². The van der Waals surface area contributed by atoms with E-state index in [1.165, 1.54) is 13.8 Å². The molecule has 4 atom stereocenters. The third-order valence-corrected chi connectivity index (χ3v) is 2.03. The highest BCUT2D eigenvalue weighted by Gasteiger charge is 2.46. The molecule has 0 aromatic heterocycles. The normalized spacial score (nSPS) is 34.9. The van der Waals surface area contributed by atoms with Crippen molar-refractivity contribution in [3.63, 3.8) is 0 Å². The summed E-state index contributed by atoms with van der Waals surface area (Å²) in [4.78, 5) is 21.5. The van der Waals surface area contributed by atoms with Crippen molar-refractivity contribution < 1.29 is 28.9 Å². The quantitative estimate of drug-likeness (QED) is 0.634. The van der Waals surface area contributed by atoms with Gasteiger partial charge in [-0.1, -0.05) is 0 Å². The maximum atomic E-state index is 10.8. The van der Waals surface area contributed by atoms with E-state index in [4.69, 9.17) is 14.2 Å². The van der Waals surface area contributed by atoms with Gasteiger partial charge in [-0.15, -0.1) is 0 Å². The van der Waals surface area contributed by atoms with Gasteiger partial charge in [0.05, 0.1) is 6.10 Å². The first-order chi connectivity index (χ1) is 6.91. The number of ether oxygens (including phenoxy) is 3. The third kappa shape index (κ3) is 2.90. The van der Waals surface area contributed by atoms with Crippen LogP contribution in [0.5, 0.6) is 0 Å². The van der Waals surface area contributed by atoms with Crippen molar-refractivity contribution in [2.24, 2.45) is 0 Å². The lowest BCUT2D eigenvalue weighted by Gasteiger charge is -2.20. The van der Waals surface area contributed by atoms with Gasteiger partial charge in [-0.3, -0.25) is 9.59 Å². The van der Waals surface area contributed by atoms with Gasteiger partial charge in [0, 0.05) is 13.8 Å². The minimum Gasteiger partial charge on any atom is -0.456 e. The lowest BCUT2D eigenvalue weighted by molar-refractivity contribution is -0.174. The van der Waals surface area contributed by atoms with E-state index in [1.807, 2.05) is 0 Å². The Morgan fingerprint density at radius 2 is 1.60 bits per heavy atom. The molecule has 15 heavy (non-hydrogen) atoms.